The Kier molecular flexibility index (Phi) is 4.64. The number of amides is 1. The summed E-state index contributed by atoms with van der Waals surface area (Å²) in [5.41, 5.74) is -0.0281. The van der Waals surface area contributed by atoms with Crippen LogP contribution in [0.25, 0.3) is 0 Å². The van der Waals surface area contributed by atoms with Gasteiger partial charge in [-0.25, -0.2) is 22.3 Å². The van der Waals surface area contributed by atoms with E-state index in [4.69, 9.17) is 5.14 Å². The van der Waals surface area contributed by atoms with E-state index in [-0.39, 0.29) is 16.6 Å². The number of hydrogen-bond acceptors (Lipinski definition) is 3. The van der Waals surface area contributed by atoms with Crippen LogP contribution in [0.2, 0.25) is 0 Å². The molecule has 19 heavy (non-hydrogen) atoms. The molecule has 1 rings (SSSR count). The second-order valence-corrected chi connectivity index (χ2v) is 5.77. The van der Waals surface area contributed by atoms with Gasteiger partial charge in [-0.2, -0.15) is 0 Å². The zero-order valence-corrected chi connectivity index (χ0v) is 11.2. The molecule has 1 heterocycles. The first-order valence-corrected chi connectivity index (χ1v) is 6.98. The number of nitrogens with zero attached hydrogens (tertiary/aromatic N) is 1. The van der Waals surface area contributed by atoms with Crippen LogP contribution < -0.4 is 10.5 Å². The van der Waals surface area contributed by atoms with Crippen molar-refractivity contribution in [2.45, 2.75) is 31.2 Å². The molecule has 1 aromatic heterocycles. The van der Waals surface area contributed by atoms with E-state index in [9.17, 15) is 22.0 Å². The molecule has 0 saturated carbocycles. The lowest BCUT2D eigenvalue weighted by Gasteiger charge is -2.12. The van der Waals surface area contributed by atoms with Crippen LogP contribution in [0.5, 0.6) is 0 Å². The van der Waals surface area contributed by atoms with Crippen LogP contribution in [0.4, 0.5) is 8.78 Å². The number of nitrogens with one attached hydrogen (secondary N) is 1. The highest BCUT2D eigenvalue weighted by Crippen LogP contribution is 2.18. The molecule has 9 heteroatoms. The van der Waals surface area contributed by atoms with Gasteiger partial charge < -0.3 is 9.88 Å². The fourth-order valence-electron chi connectivity index (χ4n) is 1.48. The van der Waals surface area contributed by atoms with Crippen molar-refractivity contribution in [3.8, 4) is 0 Å². The summed E-state index contributed by atoms with van der Waals surface area (Å²) in [6.45, 7) is 2.64. The Morgan fingerprint density at radius 2 is 2.05 bits per heavy atom. The summed E-state index contributed by atoms with van der Waals surface area (Å²) in [6, 6.07) is 0.846. The van der Waals surface area contributed by atoms with Gasteiger partial charge in [-0.3, -0.25) is 4.79 Å². The molecule has 0 aliphatic heterocycles. The number of hydrogen-bond donors (Lipinski definition) is 2. The molecule has 6 nitrogen and oxygen atoms in total. The fourth-order valence-corrected chi connectivity index (χ4v) is 2.02. The second-order valence-electron chi connectivity index (χ2n) is 4.21. The van der Waals surface area contributed by atoms with Gasteiger partial charge in [-0.05, 0) is 19.9 Å². The maximum atomic E-state index is 12.0. The van der Waals surface area contributed by atoms with E-state index in [0.717, 1.165) is 6.07 Å². The van der Waals surface area contributed by atoms with Gasteiger partial charge in [0.15, 0.2) is 0 Å². The van der Waals surface area contributed by atoms with Crippen molar-refractivity contribution in [1.29, 1.82) is 0 Å². The Bertz CT molecular complexity index is 567. The maximum absolute atomic E-state index is 12.0. The summed E-state index contributed by atoms with van der Waals surface area (Å²) in [6.07, 6.45) is -1.47. The topological polar surface area (TPSA) is 94.2 Å². The minimum Gasteiger partial charge on any atom is -0.345 e. The molecule has 0 unspecified atom stereocenters. The first kappa shape index (κ1) is 15.6. The molecule has 1 amide bonds. The van der Waals surface area contributed by atoms with Gasteiger partial charge in [0.2, 0.25) is 10.0 Å². The predicted octanol–water partition coefficient (Wildman–Crippen LogP) is 0.711. The Labute approximate surface area is 109 Å². The van der Waals surface area contributed by atoms with E-state index in [2.05, 4.69) is 0 Å². The van der Waals surface area contributed by atoms with Crippen LogP contribution >= 0.6 is 0 Å². The zero-order chi connectivity index (χ0) is 14.8. The number of halogens is 2. The second kappa shape index (κ2) is 5.66. The first-order valence-electron chi connectivity index (χ1n) is 5.44. The van der Waals surface area contributed by atoms with E-state index in [1.807, 2.05) is 5.32 Å². The Morgan fingerprint density at radius 3 is 2.47 bits per heavy atom. The predicted molar refractivity (Wildman–Crippen MR) is 64.5 cm³/mol. The largest absolute Gasteiger partial charge is 0.345 e. The number of aromatic nitrogens is 1. The highest BCUT2D eigenvalue weighted by atomic mass is 32.2. The minimum absolute atomic E-state index is 0.0281. The van der Waals surface area contributed by atoms with Crippen molar-refractivity contribution < 1.29 is 22.0 Å². The smallest absolute Gasteiger partial charge is 0.268 e. The number of nitrogens with two attached hydrogens (primary N) is 1. The summed E-state index contributed by atoms with van der Waals surface area (Å²) in [4.78, 5) is 11.5. The number of carbonyl (C=O) groups is 1. The highest BCUT2D eigenvalue weighted by molar-refractivity contribution is 7.89. The monoisotopic (exact) mass is 295 g/mol. The average Bonchev–Trinajstić information content (AvgIpc) is 2.70. The van der Waals surface area contributed by atoms with E-state index in [1.54, 1.807) is 13.8 Å². The number of rotatable bonds is 5. The number of sulfonamides is 1. The van der Waals surface area contributed by atoms with E-state index >= 15 is 0 Å². The van der Waals surface area contributed by atoms with Crippen LogP contribution in [0, 0.1) is 0 Å². The molecular formula is C10H15F2N3O3S. The molecule has 0 fully saturated rings. The number of alkyl halides is 2. The third-order valence-corrected chi connectivity index (χ3v) is 3.24. The van der Waals surface area contributed by atoms with Gasteiger partial charge >= 0.3 is 0 Å². The van der Waals surface area contributed by atoms with Crippen LogP contribution in [-0.4, -0.2) is 31.9 Å². The van der Waals surface area contributed by atoms with Crippen molar-refractivity contribution >= 4 is 15.9 Å². The summed E-state index contributed by atoms with van der Waals surface area (Å²) in [5.74, 6) is -0.774. The summed E-state index contributed by atoms with van der Waals surface area (Å²) in [7, 11) is -3.95. The zero-order valence-electron chi connectivity index (χ0n) is 10.4. The molecule has 0 bridgehead atoms. The molecule has 0 saturated heterocycles. The molecule has 0 aliphatic carbocycles. The van der Waals surface area contributed by atoms with Gasteiger partial charge in [0, 0.05) is 12.2 Å². The highest BCUT2D eigenvalue weighted by Gasteiger charge is 2.20. The lowest BCUT2D eigenvalue weighted by Crippen LogP contribution is -2.30. The third-order valence-electron chi connectivity index (χ3n) is 2.36. The normalized spacial score (nSPS) is 12.2. The van der Waals surface area contributed by atoms with Crippen LogP contribution in [-0.2, 0) is 10.0 Å². The SMILES string of the molecule is CC(C)n1cc(S(N)(=O)=O)cc1C(=O)NCC(F)F. The van der Waals surface area contributed by atoms with Crippen molar-refractivity contribution in [2.75, 3.05) is 6.54 Å². The van der Waals surface area contributed by atoms with E-state index in [0.29, 0.717) is 0 Å². The average molecular weight is 295 g/mol. The Morgan fingerprint density at radius 1 is 1.47 bits per heavy atom. The lowest BCUT2D eigenvalue weighted by molar-refractivity contribution is 0.0881. The molecule has 0 aliphatic rings. The third kappa shape index (κ3) is 4.00. The molecule has 3 N–H and O–H groups in total. The van der Waals surface area contributed by atoms with Crippen LogP contribution in [0.15, 0.2) is 17.2 Å². The van der Waals surface area contributed by atoms with Gasteiger partial charge in [-0.15, -0.1) is 0 Å². The fraction of sp³-hybridized carbons (Fsp3) is 0.500. The maximum Gasteiger partial charge on any atom is 0.268 e. The molecule has 0 spiro atoms. The molecule has 108 valence electrons. The van der Waals surface area contributed by atoms with E-state index < -0.39 is 28.9 Å². The number of carbonyl (C=O) groups excluding carboxylic acids is 1. The van der Waals surface area contributed by atoms with Gasteiger partial charge in [0.05, 0.1) is 6.54 Å². The van der Waals surface area contributed by atoms with Crippen LogP contribution in [0.3, 0.4) is 0 Å². The number of primary sulfonamides is 1. The van der Waals surface area contributed by atoms with Crippen molar-refractivity contribution in [2.24, 2.45) is 5.14 Å². The van der Waals surface area contributed by atoms with Gasteiger partial charge in [0.25, 0.3) is 12.3 Å². The minimum atomic E-state index is -3.95. The molecule has 0 radical (unpaired) electrons. The summed E-state index contributed by atoms with van der Waals surface area (Å²) in [5, 5.41) is 6.98. The summed E-state index contributed by atoms with van der Waals surface area (Å²) >= 11 is 0. The van der Waals surface area contributed by atoms with E-state index in [1.165, 1.54) is 10.8 Å². The lowest BCUT2D eigenvalue weighted by atomic mass is 10.3. The van der Waals surface area contributed by atoms with Crippen LogP contribution in [0.1, 0.15) is 30.4 Å². The van der Waals surface area contributed by atoms with Crippen molar-refractivity contribution in [1.82, 2.24) is 9.88 Å². The molecule has 0 aromatic carbocycles. The standard InChI is InChI=1S/C10H15F2N3O3S/c1-6(2)15-5-7(19(13,17)18)3-8(15)10(16)14-4-9(11)12/h3,5-6,9H,4H2,1-2H3,(H,14,16)(H2,13,17,18). The van der Waals surface area contributed by atoms with Gasteiger partial charge in [-0.1, -0.05) is 0 Å². The Hall–Kier alpha value is -1.48. The first-order chi connectivity index (χ1) is 8.62. The molecule has 0 atom stereocenters. The molecular weight excluding hydrogens is 280 g/mol. The van der Waals surface area contributed by atoms with Crippen molar-refractivity contribution in [3.05, 3.63) is 18.0 Å². The van der Waals surface area contributed by atoms with Gasteiger partial charge in [0.1, 0.15) is 10.6 Å². The Balaban J connectivity index is 3.12. The quantitative estimate of drug-likeness (QED) is 0.837. The van der Waals surface area contributed by atoms with Crippen molar-refractivity contribution in [3.63, 3.8) is 0 Å². The summed E-state index contributed by atoms with van der Waals surface area (Å²) < 4.78 is 47.9. The molecule has 1 aromatic rings.